The molecule has 82 valence electrons. The molecule has 1 aliphatic rings. The molecule has 0 aromatic rings. The number of hydrogen-bond acceptors (Lipinski definition) is 3. The van der Waals surface area contributed by atoms with E-state index in [4.69, 9.17) is 5.73 Å². The second-order valence-electron chi connectivity index (χ2n) is 4.43. The maximum absolute atomic E-state index is 11.1. The molecule has 1 aliphatic carbocycles. The van der Waals surface area contributed by atoms with Gasteiger partial charge in [-0.15, -0.1) is 0 Å². The molecule has 3 atom stereocenters. The zero-order valence-electron chi connectivity index (χ0n) is 9.16. The molecule has 1 saturated carbocycles. The first kappa shape index (κ1) is 11.5. The average Bonchev–Trinajstić information content (AvgIpc) is 2.65. The van der Waals surface area contributed by atoms with Crippen LogP contribution in [-0.2, 0) is 9.53 Å². The summed E-state index contributed by atoms with van der Waals surface area (Å²) in [6.07, 6.45) is 4.11. The van der Waals surface area contributed by atoms with Crippen molar-refractivity contribution in [3.05, 3.63) is 0 Å². The lowest BCUT2D eigenvalue weighted by molar-refractivity contribution is -0.141. The van der Waals surface area contributed by atoms with Gasteiger partial charge < -0.3 is 10.5 Å². The van der Waals surface area contributed by atoms with Crippen LogP contribution >= 0.6 is 0 Å². The molecule has 2 N–H and O–H groups in total. The predicted molar refractivity (Wildman–Crippen MR) is 55.7 cm³/mol. The zero-order valence-corrected chi connectivity index (χ0v) is 9.16. The van der Waals surface area contributed by atoms with Crippen molar-refractivity contribution >= 4 is 5.97 Å². The number of nitrogens with two attached hydrogens (primary N) is 1. The van der Waals surface area contributed by atoms with Gasteiger partial charge in [-0.2, -0.15) is 0 Å². The van der Waals surface area contributed by atoms with E-state index >= 15 is 0 Å². The Kier molecular flexibility index (Phi) is 4.39. The summed E-state index contributed by atoms with van der Waals surface area (Å²) in [5.74, 6) is 1.77. The fraction of sp³-hybridized carbons (Fsp3) is 0.909. The highest BCUT2D eigenvalue weighted by Crippen LogP contribution is 2.37. The van der Waals surface area contributed by atoms with Crippen LogP contribution in [0.3, 0.4) is 0 Å². The molecule has 14 heavy (non-hydrogen) atoms. The quantitative estimate of drug-likeness (QED) is 0.699. The largest absolute Gasteiger partial charge is 0.469 e. The van der Waals surface area contributed by atoms with Crippen LogP contribution in [0.1, 0.15) is 32.6 Å². The summed E-state index contributed by atoms with van der Waals surface area (Å²) in [5.41, 5.74) is 5.63. The molecule has 0 spiro atoms. The summed E-state index contributed by atoms with van der Waals surface area (Å²) in [6.45, 7) is 2.96. The van der Waals surface area contributed by atoms with Crippen LogP contribution in [0.15, 0.2) is 0 Å². The van der Waals surface area contributed by atoms with Crippen LogP contribution in [0.25, 0.3) is 0 Å². The van der Waals surface area contributed by atoms with E-state index in [0.29, 0.717) is 18.3 Å². The molecule has 1 fully saturated rings. The van der Waals surface area contributed by atoms with Crippen LogP contribution in [0.2, 0.25) is 0 Å². The second kappa shape index (κ2) is 5.35. The van der Waals surface area contributed by atoms with E-state index in [1.54, 1.807) is 0 Å². The van der Waals surface area contributed by atoms with Crippen molar-refractivity contribution in [1.29, 1.82) is 0 Å². The summed E-state index contributed by atoms with van der Waals surface area (Å²) < 4.78 is 4.67. The van der Waals surface area contributed by atoms with Crippen molar-refractivity contribution in [2.75, 3.05) is 13.7 Å². The first-order chi connectivity index (χ1) is 6.67. The Morgan fingerprint density at radius 3 is 2.86 bits per heavy atom. The Hall–Kier alpha value is -0.570. The lowest BCUT2D eigenvalue weighted by Crippen LogP contribution is -2.19. The Morgan fingerprint density at radius 2 is 2.29 bits per heavy atom. The number of carbonyl (C=O) groups is 1. The van der Waals surface area contributed by atoms with Gasteiger partial charge in [0.15, 0.2) is 0 Å². The summed E-state index contributed by atoms with van der Waals surface area (Å²) in [6, 6.07) is 0. The van der Waals surface area contributed by atoms with Gasteiger partial charge in [-0.25, -0.2) is 0 Å². The van der Waals surface area contributed by atoms with Crippen molar-refractivity contribution in [2.45, 2.75) is 32.6 Å². The third-order valence-electron chi connectivity index (χ3n) is 3.44. The summed E-state index contributed by atoms with van der Waals surface area (Å²) in [5, 5.41) is 0. The fourth-order valence-electron chi connectivity index (χ4n) is 2.33. The smallest absolute Gasteiger partial charge is 0.305 e. The van der Waals surface area contributed by atoms with Gasteiger partial charge in [0.2, 0.25) is 0 Å². The second-order valence-corrected chi connectivity index (χ2v) is 4.43. The molecule has 3 heteroatoms. The van der Waals surface area contributed by atoms with Crippen molar-refractivity contribution in [3.8, 4) is 0 Å². The van der Waals surface area contributed by atoms with Crippen LogP contribution < -0.4 is 5.73 Å². The van der Waals surface area contributed by atoms with E-state index in [-0.39, 0.29) is 5.97 Å². The predicted octanol–water partition coefficient (Wildman–Crippen LogP) is 1.56. The fourth-order valence-corrected chi connectivity index (χ4v) is 2.33. The molecule has 0 amide bonds. The molecule has 3 unspecified atom stereocenters. The topological polar surface area (TPSA) is 52.3 Å². The van der Waals surface area contributed by atoms with E-state index in [0.717, 1.165) is 25.3 Å². The van der Waals surface area contributed by atoms with E-state index in [2.05, 4.69) is 11.7 Å². The van der Waals surface area contributed by atoms with Crippen molar-refractivity contribution < 1.29 is 9.53 Å². The number of hydrogen-bond donors (Lipinski definition) is 1. The molecule has 0 radical (unpaired) electrons. The van der Waals surface area contributed by atoms with Crippen molar-refractivity contribution in [1.82, 2.24) is 0 Å². The van der Waals surface area contributed by atoms with Gasteiger partial charge in [0.05, 0.1) is 7.11 Å². The third-order valence-corrected chi connectivity index (χ3v) is 3.44. The molecule has 1 rings (SSSR count). The van der Waals surface area contributed by atoms with Gasteiger partial charge in [0, 0.05) is 6.42 Å². The van der Waals surface area contributed by atoms with E-state index < -0.39 is 0 Å². The Labute approximate surface area is 86.0 Å². The average molecular weight is 199 g/mol. The van der Waals surface area contributed by atoms with Gasteiger partial charge in [-0.3, -0.25) is 4.79 Å². The first-order valence-electron chi connectivity index (χ1n) is 5.44. The highest BCUT2D eigenvalue weighted by atomic mass is 16.5. The SMILES string of the molecule is COC(=O)CC1CCC(C(C)CN)C1. The van der Waals surface area contributed by atoms with Crippen molar-refractivity contribution in [2.24, 2.45) is 23.5 Å². The molecule has 0 bridgehead atoms. The van der Waals surface area contributed by atoms with Gasteiger partial charge in [0.1, 0.15) is 0 Å². The van der Waals surface area contributed by atoms with Gasteiger partial charge >= 0.3 is 5.97 Å². The standard InChI is InChI=1S/C11H21NO2/c1-8(7-12)10-4-3-9(5-10)6-11(13)14-2/h8-10H,3-7,12H2,1-2H3. The Balaban J connectivity index is 2.30. The molecule has 0 saturated heterocycles. The Morgan fingerprint density at radius 1 is 1.57 bits per heavy atom. The number of carbonyl (C=O) groups excluding carboxylic acids is 1. The van der Waals surface area contributed by atoms with Gasteiger partial charge in [0.25, 0.3) is 0 Å². The van der Waals surface area contributed by atoms with E-state index in [1.165, 1.54) is 13.5 Å². The molecule has 0 aromatic carbocycles. The summed E-state index contributed by atoms with van der Waals surface area (Å²) >= 11 is 0. The van der Waals surface area contributed by atoms with Crippen LogP contribution in [-0.4, -0.2) is 19.6 Å². The third kappa shape index (κ3) is 2.98. The van der Waals surface area contributed by atoms with Crippen LogP contribution in [0, 0.1) is 17.8 Å². The highest BCUT2D eigenvalue weighted by Gasteiger charge is 2.29. The minimum absolute atomic E-state index is 0.0731. The van der Waals surface area contributed by atoms with E-state index in [9.17, 15) is 4.79 Å². The van der Waals surface area contributed by atoms with Gasteiger partial charge in [-0.1, -0.05) is 6.92 Å². The van der Waals surface area contributed by atoms with Crippen LogP contribution in [0.5, 0.6) is 0 Å². The molecular formula is C11H21NO2. The molecular weight excluding hydrogens is 178 g/mol. The zero-order chi connectivity index (χ0) is 10.6. The highest BCUT2D eigenvalue weighted by molar-refractivity contribution is 5.69. The number of ether oxygens (including phenoxy) is 1. The minimum Gasteiger partial charge on any atom is -0.469 e. The number of esters is 1. The van der Waals surface area contributed by atoms with Gasteiger partial charge in [-0.05, 0) is 43.6 Å². The summed E-state index contributed by atoms with van der Waals surface area (Å²) in [7, 11) is 1.46. The first-order valence-corrected chi connectivity index (χ1v) is 5.44. The normalized spacial score (nSPS) is 28.8. The van der Waals surface area contributed by atoms with E-state index in [1.807, 2.05) is 0 Å². The monoisotopic (exact) mass is 199 g/mol. The lowest BCUT2D eigenvalue weighted by atomic mass is 9.91. The molecule has 0 aliphatic heterocycles. The maximum atomic E-state index is 11.1. The Bertz CT molecular complexity index is 194. The number of rotatable bonds is 4. The minimum atomic E-state index is -0.0731. The molecule has 0 aromatic heterocycles. The molecule has 0 heterocycles. The summed E-state index contributed by atoms with van der Waals surface area (Å²) in [4.78, 5) is 11.1. The number of methoxy groups -OCH3 is 1. The lowest BCUT2D eigenvalue weighted by Gasteiger charge is -2.16. The molecule has 3 nitrogen and oxygen atoms in total. The van der Waals surface area contributed by atoms with Crippen molar-refractivity contribution in [3.63, 3.8) is 0 Å². The maximum Gasteiger partial charge on any atom is 0.305 e. The van der Waals surface area contributed by atoms with Crippen LogP contribution in [0.4, 0.5) is 0 Å².